The van der Waals surface area contributed by atoms with Crippen LogP contribution in [0.2, 0.25) is 15.1 Å². The standard InChI is InChI=1S/C13H9Cl3N2O2/c14-9-6-17-12(11(16)10(9)15)13(19)18-20-7-8-4-2-1-3-5-8/h1-6H,7H2,(H,18,19). The van der Waals surface area contributed by atoms with E-state index in [4.69, 9.17) is 39.6 Å². The normalized spacial score (nSPS) is 10.3. The molecule has 0 radical (unpaired) electrons. The van der Waals surface area contributed by atoms with Gasteiger partial charge in [-0.3, -0.25) is 9.63 Å². The van der Waals surface area contributed by atoms with Crippen LogP contribution >= 0.6 is 34.8 Å². The first kappa shape index (κ1) is 15.1. The molecule has 20 heavy (non-hydrogen) atoms. The molecule has 104 valence electrons. The highest BCUT2D eigenvalue weighted by atomic mass is 35.5. The van der Waals surface area contributed by atoms with Gasteiger partial charge in [-0.15, -0.1) is 0 Å². The average molecular weight is 332 g/mol. The number of hydrogen-bond donors (Lipinski definition) is 1. The molecular weight excluding hydrogens is 323 g/mol. The van der Waals surface area contributed by atoms with Gasteiger partial charge < -0.3 is 0 Å². The topological polar surface area (TPSA) is 51.2 Å². The number of carbonyl (C=O) groups excluding carboxylic acids is 1. The molecule has 2 rings (SSSR count). The number of hydroxylamine groups is 1. The van der Waals surface area contributed by atoms with Crippen molar-refractivity contribution in [1.82, 2.24) is 10.5 Å². The van der Waals surface area contributed by atoms with Gasteiger partial charge in [0.2, 0.25) is 0 Å². The van der Waals surface area contributed by atoms with E-state index >= 15 is 0 Å². The van der Waals surface area contributed by atoms with Crippen molar-refractivity contribution in [2.75, 3.05) is 0 Å². The van der Waals surface area contributed by atoms with Crippen LogP contribution in [-0.4, -0.2) is 10.9 Å². The van der Waals surface area contributed by atoms with Gasteiger partial charge in [0, 0.05) is 6.20 Å². The third kappa shape index (κ3) is 3.61. The number of nitrogens with one attached hydrogen (secondary N) is 1. The number of aromatic nitrogens is 1. The van der Waals surface area contributed by atoms with Gasteiger partial charge in [-0.05, 0) is 5.56 Å². The molecular formula is C13H9Cl3N2O2. The van der Waals surface area contributed by atoms with Crippen molar-refractivity contribution in [3.05, 3.63) is 62.9 Å². The lowest BCUT2D eigenvalue weighted by atomic mass is 10.2. The second kappa shape index (κ2) is 6.90. The van der Waals surface area contributed by atoms with Crippen molar-refractivity contribution in [3.63, 3.8) is 0 Å². The molecule has 1 aromatic carbocycles. The Morgan fingerprint density at radius 3 is 2.55 bits per heavy atom. The lowest BCUT2D eigenvalue weighted by molar-refractivity contribution is 0.0229. The van der Waals surface area contributed by atoms with Crippen molar-refractivity contribution in [2.45, 2.75) is 6.61 Å². The lowest BCUT2D eigenvalue weighted by Crippen LogP contribution is -2.25. The van der Waals surface area contributed by atoms with Crippen LogP contribution in [0.3, 0.4) is 0 Å². The summed E-state index contributed by atoms with van der Waals surface area (Å²) in [5.41, 5.74) is 3.12. The van der Waals surface area contributed by atoms with Gasteiger partial charge in [0.05, 0.1) is 21.7 Å². The summed E-state index contributed by atoms with van der Waals surface area (Å²) in [6.45, 7) is 0.228. The van der Waals surface area contributed by atoms with Crippen LogP contribution in [0.1, 0.15) is 16.1 Å². The van der Waals surface area contributed by atoms with E-state index in [0.29, 0.717) is 0 Å². The van der Waals surface area contributed by atoms with Crippen molar-refractivity contribution >= 4 is 40.7 Å². The van der Waals surface area contributed by atoms with Gasteiger partial charge in [-0.2, -0.15) is 0 Å². The number of hydrogen-bond acceptors (Lipinski definition) is 3. The number of rotatable bonds is 4. The van der Waals surface area contributed by atoms with Crippen LogP contribution in [0.25, 0.3) is 0 Å². The Hall–Kier alpha value is -1.33. The first-order valence-electron chi connectivity index (χ1n) is 5.55. The van der Waals surface area contributed by atoms with E-state index < -0.39 is 5.91 Å². The highest BCUT2D eigenvalue weighted by molar-refractivity contribution is 6.48. The molecule has 1 aromatic heterocycles. The Morgan fingerprint density at radius 1 is 1.15 bits per heavy atom. The van der Waals surface area contributed by atoms with Gasteiger partial charge in [0.1, 0.15) is 0 Å². The van der Waals surface area contributed by atoms with E-state index in [1.165, 1.54) is 6.20 Å². The first-order valence-corrected chi connectivity index (χ1v) is 6.68. The van der Waals surface area contributed by atoms with E-state index in [1.807, 2.05) is 30.3 Å². The average Bonchev–Trinajstić information content (AvgIpc) is 2.46. The molecule has 1 amide bonds. The van der Waals surface area contributed by atoms with Gasteiger partial charge in [-0.25, -0.2) is 10.5 Å². The summed E-state index contributed by atoms with van der Waals surface area (Å²) < 4.78 is 0. The molecule has 0 spiro atoms. The van der Waals surface area contributed by atoms with Crippen LogP contribution in [0.4, 0.5) is 0 Å². The van der Waals surface area contributed by atoms with Crippen molar-refractivity contribution in [3.8, 4) is 0 Å². The Morgan fingerprint density at radius 2 is 1.85 bits per heavy atom. The Balaban J connectivity index is 1.97. The number of benzene rings is 1. The second-order valence-electron chi connectivity index (χ2n) is 3.79. The molecule has 0 saturated carbocycles. The lowest BCUT2D eigenvalue weighted by Gasteiger charge is -2.08. The molecule has 0 aliphatic heterocycles. The quantitative estimate of drug-likeness (QED) is 0.864. The number of nitrogens with zero attached hydrogens (tertiary/aromatic N) is 1. The van der Waals surface area contributed by atoms with Crippen LogP contribution < -0.4 is 5.48 Å². The zero-order valence-corrected chi connectivity index (χ0v) is 12.3. The molecule has 0 aliphatic carbocycles. The largest absolute Gasteiger partial charge is 0.295 e. The van der Waals surface area contributed by atoms with Gasteiger partial charge in [0.15, 0.2) is 5.69 Å². The number of pyridine rings is 1. The summed E-state index contributed by atoms with van der Waals surface area (Å²) >= 11 is 17.5. The molecule has 1 heterocycles. The number of amides is 1. The number of halogens is 3. The van der Waals surface area contributed by atoms with Crippen molar-refractivity contribution in [1.29, 1.82) is 0 Å². The highest BCUT2D eigenvalue weighted by Crippen LogP contribution is 2.30. The summed E-state index contributed by atoms with van der Waals surface area (Å²) in [4.78, 5) is 20.7. The molecule has 0 bridgehead atoms. The fourth-order valence-corrected chi connectivity index (χ4v) is 1.98. The van der Waals surface area contributed by atoms with Gasteiger partial charge in [0.25, 0.3) is 5.91 Å². The molecule has 0 saturated heterocycles. The zero-order valence-electron chi connectivity index (χ0n) is 10.1. The predicted octanol–water partition coefficient (Wildman–Crippen LogP) is 3.90. The minimum atomic E-state index is -0.593. The van der Waals surface area contributed by atoms with E-state index in [-0.39, 0.29) is 27.4 Å². The van der Waals surface area contributed by atoms with E-state index in [0.717, 1.165) is 5.56 Å². The smallest absolute Gasteiger partial charge is 0.269 e. The SMILES string of the molecule is O=C(NOCc1ccccc1)c1ncc(Cl)c(Cl)c1Cl. The fraction of sp³-hybridized carbons (Fsp3) is 0.0769. The fourth-order valence-electron chi connectivity index (χ4n) is 1.41. The molecule has 1 N–H and O–H groups in total. The molecule has 4 nitrogen and oxygen atoms in total. The van der Waals surface area contributed by atoms with Gasteiger partial charge in [-0.1, -0.05) is 65.1 Å². The van der Waals surface area contributed by atoms with Gasteiger partial charge >= 0.3 is 0 Å². The summed E-state index contributed by atoms with van der Waals surface area (Å²) in [6, 6.07) is 9.38. The van der Waals surface area contributed by atoms with Crippen LogP contribution in [0.5, 0.6) is 0 Å². The molecule has 7 heteroatoms. The maximum Gasteiger partial charge on any atom is 0.295 e. The Kier molecular flexibility index (Phi) is 5.20. The van der Waals surface area contributed by atoms with Crippen molar-refractivity contribution < 1.29 is 9.63 Å². The summed E-state index contributed by atoms with van der Waals surface area (Å²) in [7, 11) is 0. The summed E-state index contributed by atoms with van der Waals surface area (Å²) in [6.07, 6.45) is 1.25. The van der Waals surface area contributed by atoms with E-state index in [2.05, 4.69) is 10.5 Å². The van der Waals surface area contributed by atoms with Crippen LogP contribution in [0.15, 0.2) is 36.5 Å². The summed E-state index contributed by atoms with van der Waals surface area (Å²) in [5, 5.41) is 0.245. The molecule has 2 aromatic rings. The Bertz CT molecular complexity index is 621. The minimum Gasteiger partial charge on any atom is -0.269 e. The molecule has 0 atom stereocenters. The Labute approximate surface area is 130 Å². The van der Waals surface area contributed by atoms with Crippen LogP contribution in [0, 0.1) is 0 Å². The minimum absolute atomic E-state index is 0.0139. The third-order valence-electron chi connectivity index (χ3n) is 2.38. The van der Waals surface area contributed by atoms with Crippen LogP contribution in [-0.2, 0) is 11.4 Å². The third-order valence-corrected chi connectivity index (χ3v) is 3.62. The zero-order chi connectivity index (χ0) is 14.5. The number of carbonyl (C=O) groups is 1. The monoisotopic (exact) mass is 330 g/mol. The second-order valence-corrected chi connectivity index (χ2v) is 4.95. The van der Waals surface area contributed by atoms with E-state index in [1.54, 1.807) is 0 Å². The molecule has 0 fully saturated rings. The first-order chi connectivity index (χ1) is 9.59. The van der Waals surface area contributed by atoms with E-state index in [9.17, 15) is 4.79 Å². The predicted molar refractivity (Wildman–Crippen MR) is 78.0 cm³/mol. The molecule has 0 unspecified atom stereocenters. The maximum absolute atomic E-state index is 11.8. The maximum atomic E-state index is 11.8. The molecule has 0 aliphatic rings. The van der Waals surface area contributed by atoms with Crippen molar-refractivity contribution in [2.24, 2.45) is 0 Å². The summed E-state index contributed by atoms with van der Waals surface area (Å²) in [5.74, 6) is -0.593. The highest BCUT2D eigenvalue weighted by Gasteiger charge is 2.17.